The summed E-state index contributed by atoms with van der Waals surface area (Å²) in [6.07, 6.45) is 7.83. The number of fused-ring (bicyclic) bond motifs is 1. The second kappa shape index (κ2) is 8.85. The lowest BCUT2D eigenvalue weighted by atomic mass is 10.1. The van der Waals surface area contributed by atoms with Crippen molar-refractivity contribution >= 4 is 11.6 Å². The fourth-order valence-corrected chi connectivity index (χ4v) is 3.67. The summed E-state index contributed by atoms with van der Waals surface area (Å²) >= 11 is 0. The molecule has 0 aliphatic heterocycles. The molecule has 7 nitrogen and oxygen atoms in total. The normalized spacial score (nSPS) is 11.0. The molecule has 7 heteroatoms. The molecule has 0 spiro atoms. The highest BCUT2D eigenvalue weighted by Crippen LogP contribution is 2.27. The van der Waals surface area contributed by atoms with E-state index < -0.39 is 0 Å². The van der Waals surface area contributed by atoms with Crippen molar-refractivity contribution in [3.05, 3.63) is 97.2 Å². The molecular formula is C25H22N6O. The van der Waals surface area contributed by atoms with Crippen LogP contribution in [0.1, 0.15) is 16.8 Å². The summed E-state index contributed by atoms with van der Waals surface area (Å²) < 4.78 is 3.73. The zero-order valence-corrected chi connectivity index (χ0v) is 17.4. The largest absolute Gasteiger partial charge is 0.352 e. The van der Waals surface area contributed by atoms with Crippen molar-refractivity contribution in [1.29, 1.82) is 0 Å². The molecule has 1 N–H and O–H groups in total. The van der Waals surface area contributed by atoms with E-state index in [0.717, 1.165) is 35.5 Å². The van der Waals surface area contributed by atoms with Gasteiger partial charge in [-0.2, -0.15) is 5.10 Å². The summed E-state index contributed by atoms with van der Waals surface area (Å²) in [5, 5.41) is 7.49. The molecule has 32 heavy (non-hydrogen) atoms. The summed E-state index contributed by atoms with van der Waals surface area (Å²) in [4.78, 5) is 21.8. The molecule has 0 radical (unpaired) electrons. The van der Waals surface area contributed by atoms with Crippen molar-refractivity contribution in [3.8, 4) is 22.5 Å². The Hall–Kier alpha value is -4.26. The number of hydrogen-bond acceptors (Lipinski definition) is 4. The molecule has 0 bridgehead atoms. The Morgan fingerprint density at radius 1 is 0.969 bits per heavy atom. The third kappa shape index (κ3) is 4.00. The van der Waals surface area contributed by atoms with Crippen LogP contribution in [0.4, 0.5) is 0 Å². The van der Waals surface area contributed by atoms with Gasteiger partial charge >= 0.3 is 0 Å². The van der Waals surface area contributed by atoms with E-state index in [0.29, 0.717) is 17.8 Å². The van der Waals surface area contributed by atoms with Crippen molar-refractivity contribution < 1.29 is 4.79 Å². The van der Waals surface area contributed by atoms with Gasteiger partial charge in [0.2, 0.25) is 0 Å². The van der Waals surface area contributed by atoms with Gasteiger partial charge in [-0.25, -0.2) is 14.5 Å². The number of aromatic nitrogens is 5. The number of aryl methyl sites for hydroxylation is 1. The molecule has 0 aliphatic rings. The number of imidazole rings is 1. The van der Waals surface area contributed by atoms with Crippen molar-refractivity contribution in [2.75, 3.05) is 6.54 Å². The third-order valence-electron chi connectivity index (χ3n) is 5.29. The van der Waals surface area contributed by atoms with E-state index in [9.17, 15) is 4.79 Å². The van der Waals surface area contributed by atoms with Gasteiger partial charge in [0.15, 0.2) is 5.65 Å². The van der Waals surface area contributed by atoms with Gasteiger partial charge in [-0.15, -0.1) is 0 Å². The maximum atomic E-state index is 13.0. The summed E-state index contributed by atoms with van der Waals surface area (Å²) in [6.45, 7) is 1.35. The Morgan fingerprint density at radius 3 is 2.44 bits per heavy atom. The molecule has 0 aliphatic carbocycles. The van der Waals surface area contributed by atoms with Gasteiger partial charge in [0.25, 0.3) is 5.91 Å². The SMILES string of the molecule is O=C(NCCCn1ccnc1)c1cnn2c(-c3ccccc3)cc(-c3ccccc3)nc12. The molecule has 5 aromatic rings. The van der Waals surface area contributed by atoms with Gasteiger partial charge in [-0.05, 0) is 12.5 Å². The van der Waals surface area contributed by atoms with Crippen LogP contribution in [0, 0.1) is 0 Å². The van der Waals surface area contributed by atoms with Crippen LogP contribution in [-0.2, 0) is 6.54 Å². The average molecular weight is 422 g/mol. The monoisotopic (exact) mass is 422 g/mol. The summed E-state index contributed by atoms with van der Waals surface area (Å²) in [7, 11) is 0. The van der Waals surface area contributed by atoms with Crippen LogP contribution >= 0.6 is 0 Å². The smallest absolute Gasteiger partial charge is 0.256 e. The van der Waals surface area contributed by atoms with Gasteiger partial charge in [0.05, 0.1) is 23.9 Å². The van der Waals surface area contributed by atoms with E-state index in [2.05, 4.69) is 15.4 Å². The van der Waals surface area contributed by atoms with E-state index in [1.54, 1.807) is 23.2 Å². The van der Waals surface area contributed by atoms with Crippen molar-refractivity contribution in [1.82, 2.24) is 29.5 Å². The fraction of sp³-hybridized carbons (Fsp3) is 0.120. The number of nitrogens with one attached hydrogen (secondary N) is 1. The quantitative estimate of drug-likeness (QED) is 0.401. The molecule has 3 aromatic heterocycles. The molecule has 1 amide bonds. The highest BCUT2D eigenvalue weighted by Gasteiger charge is 2.18. The number of hydrogen-bond donors (Lipinski definition) is 1. The predicted octanol–water partition coefficient (Wildman–Crippen LogP) is 4.08. The Kier molecular flexibility index (Phi) is 5.45. The minimum Gasteiger partial charge on any atom is -0.352 e. The Morgan fingerprint density at radius 2 is 1.72 bits per heavy atom. The van der Waals surface area contributed by atoms with E-state index in [1.807, 2.05) is 77.5 Å². The van der Waals surface area contributed by atoms with Gasteiger partial charge in [0, 0.05) is 36.6 Å². The van der Waals surface area contributed by atoms with Crippen molar-refractivity contribution in [2.24, 2.45) is 0 Å². The van der Waals surface area contributed by atoms with Gasteiger partial charge in [-0.3, -0.25) is 4.79 Å². The highest BCUT2D eigenvalue weighted by molar-refractivity contribution is 6.00. The second-order valence-electron chi connectivity index (χ2n) is 7.46. The molecule has 0 unspecified atom stereocenters. The van der Waals surface area contributed by atoms with Gasteiger partial charge in [-0.1, -0.05) is 60.7 Å². The molecular weight excluding hydrogens is 400 g/mol. The first-order chi connectivity index (χ1) is 15.8. The molecule has 0 saturated heterocycles. The summed E-state index contributed by atoms with van der Waals surface area (Å²) in [5.74, 6) is -0.178. The minimum atomic E-state index is -0.178. The molecule has 0 atom stereocenters. The Bertz CT molecular complexity index is 1330. The number of carbonyl (C=O) groups is 1. The van der Waals surface area contributed by atoms with E-state index in [1.165, 1.54) is 0 Å². The maximum absolute atomic E-state index is 13.0. The molecule has 0 saturated carbocycles. The molecule has 3 heterocycles. The fourth-order valence-electron chi connectivity index (χ4n) is 3.67. The zero-order chi connectivity index (χ0) is 21.8. The molecule has 2 aromatic carbocycles. The first-order valence-electron chi connectivity index (χ1n) is 10.5. The van der Waals surface area contributed by atoms with Crippen LogP contribution in [0.2, 0.25) is 0 Å². The standard InChI is InChI=1S/C25H22N6O/c32-25(27-12-7-14-30-15-13-26-18-30)21-17-28-31-23(20-10-5-2-6-11-20)16-22(29-24(21)31)19-8-3-1-4-9-19/h1-6,8-11,13,15-18H,7,12,14H2,(H,27,32). The van der Waals surface area contributed by atoms with Crippen molar-refractivity contribution in [2.45, 2.75) is 13.0 Å². The minimum absolute atomic E-state index is 0.178. The third-order valence-corrected chi connectivity index (χ3v) is 5.29. The van der Waals surface area contributed by atoms with Crippen molar-refractivity contribution in [3.63, 3.8) is 0 Å². The number of amides is 1. The van der Waals surface area contributed by atoms with E-state index in [-0.39, 0.29) is 5.91 Å². The highest BCUT2D eigenvalue weighted by atomic mass is 16.1. The Balaban J connectivity index is 1.48. The summed E-state index contributed by atoms with van der Waals surface area (Å²) in [6, 6.07) is 22.0. The number of benzene rings is 2. The lowest BCUT2D eigenvalue weighted by Gasteiger charge is -2.10. The predicted molar refractivity (Wildman–Crippen MR) is 123 cm³/mol. The topological polar surface area (TPSA) is 77.1 Å². The Labute approximate surface area is 185 Å². The lowest BCUT2D eigenvalue weighted by molar-refractivity contribution is 0.0954. The first-order valence-corrected chi connectivity index (χ1v) is 10.5. The number of nitrogens with zero attached hydrogens (tertiary/aromatic N) is 5. The van der Waals surface area contributed by atoms with E-state index in [4.69, 9.17) is 4.98 Å². The molecule has 0 fully saturated rings. The second-order valence-corrected chi connectivity index (χ2v) is 7.46. The maximum Gasteiger partial charge on any atom is 0.256 e. The molecule has 158 valence electrons. The summed E-state index contributed by atoms with van der Waals surface area (Å²) in [5.41, 5.74) is 4.67. The van der Waals surface area contributed by atoms with Crippen LogP contribution in [0.3, 0.4) is 0 Å². The molecule has 5 rings (SSSR count). The van der Waals surface area contributed by atoms with Gasteiger partial charge in [0.1, 0.15) is 5.56 Å². The zero-order valence-electron chi connectivity index (χ0n) is 17.4. The average Bonchev–Trinajstić information content (AvgIpc) is 3.52. The van der Waals surface area contributed by atoms with Crippen LogP contribution in [0.25, 0.3) is 28.2 Å². The number of rotatable bonds is 7. The van der Waals surface area contributed by atoms with Crippen LogP contribution < -0.4 is 5.32 Å². The van der Waals surface area contributed by atoms with Crippen LogP contribution in [-0.4, -0.2) is 36.6 Å². The van der Waals surface area contributed by atoms with Crippen LogP contribution in [0.5, 0.6) is 0 Å². The van der Waals surface area contributed by atoms with E-state index >= 15 is 0 Å². The first kappa shape index (κ1) is 19.7. The van der Waals surface area contributed by atoms with Crippen LogP contribution in [0.15, 0.2) is 91.6 Å². The lowest BCUT2D eigenvalue weighted by Crippen LogP contribution is -2.25. The number of carbonyl (C=O) groups excluding carboxylic acids is 1. The van der Waals surface area contributed by atoms with Gasteiger partial charge < -0.3 is 9.88 Å².